The molecule has 1 aromatic carbocycles. The summed E-state index contributed by atoms with van der Waals surface area (Å²) in [4.78, 5) is 6.39. The largest absolute Gasteiger partial charge is 0.354 e. The number of aromatic nitrogens is 1. The van der Waals surface area contributed by atoms with Crippen molar-refractivity contribution >= 4 is 17.4 Å². The third-order valence-corrected chi connectivity index (χ3v) is 3.04. The van der Waals surface area contributed by atoms with Crippen LogP contribution in [0.2, 0.25) is 5.02 Å². The Morgan fingerprint density at radius 2 is 2.11 bits per heavy atom. The predicted octanol–water partition coefficient (Wildman–Crippen LogP) is 3.55. The Balaban J connectivity index is 2.27. The molecule has 0 saturated carbocycles. The number of benzene rings is 1. The second kappa shape index (κ2) is 5.73. The molecule has 19 heavy (non-hydrogen) atoms. The van der Waals surface area contributed by atoms with E-state index in [1.54, 1.807) is 6.07 Å². The minimum Gasteiger partial charge on any atom is -0.354 e. The normalized spacial score (nSPS) is 10.0. The molecule has 96 valence electrons. The molecule has 0 aliphatic rings. The van der Waals surface area contributed by atoms with Gasteiger partial charge in [-0.15, -0.1) is 0 Å². The Bertz CT molecular complexity index is 632. The molecule has 0 saturated heterocycles. The zero-order valence-electron chi connectivity index (χ0n) is 10.9. The zero-order chi connectivity index (χ0) is 13.8. The average molecular weight is 272 g/mol. The van der Waals surface area contributed by atoms with Gasteiger partial charge >= 0.3 is 0 Å². The fourth-order valence-electron chi connectivity index (χ4n) is 1.91. The quantitative estimate of drug-likeness (QED) is 0.857. The molecule has 1 aromatic heterocycles. The predicted molar refractivity (Wildman–Crippen MR) is 77.2 cm³/mol. The molecule has 0 radical (unpaired) electrons. The van der Waals surface area contributed by atoms with E-state index < -0.39 is 0 Å². The number of nitrogens with zero attached hydrogens (tertiary/aromatic N) is 3. The van der Waals surface area contributed by atoms with Crippen LogP contribution in [0.4, 0.5) is 5.82 Å². The maximum Gasteiger partial charge on any atom is 0.146 e. The Morgan fingerprint density at radius 1 is 1.32 bits per heavy atom. The zero-order valence-corrected chi connectivity index (χ0v) is 11.6. The van der Waals surface area contributed by atoms with E-state index in [1.807, 2.05) is 49.2 Å². The first kappa shape index (κ1) is 13.4. The molecule has 0 spiro atoms. The summed E-state index contributed by atoms with van der Waals surface area (Å²) in [6.45, 7) is 2.57. The lowest BCUT2D eigenvalue weighted by Crippen LogP contribution is -2.19. The summed E-state index contributed by atoms with van der Waals surface area (Å²) in [6.07, 6.45) is 0. The summed E-state index contributed by atoms with van der Waals surface area (Å²) >= 11 is 5.97. The summed E-state index contributed by atoms with van der Waals surface area (Å²) in [7, 11) is 1.92. The molecular formula is C15H14ClN3. The third-order valence-electron chi connectivity index (χ3n) is 2.81. The molecule has 0 bridgehead atoms. The van der Waals surface area contributed by atoms with Gasteiger partial charge in [0.2, 0.25) is 0 Å². The first-order chi connectivity index (χ1) is 9.10. The van der Waals surface area contributed by atoms with Crippen molar-refractivity contribution in [2.75, 3.05) is 11.9 Å². The lowest BCUT2D eigenvalue weighted by molar-refractivity contribution is 0.889. The fraction of sp³-hybridized carbons (Fsp3) is 0.200. The Hall–Kier alpha value is -2.05. The van der Waals surface area contributed by atoms with Gasteiger partial charge in [0.05, 0.1) is 5.56 Å². The highest BCUT2D eigenvalue weighted by atomic mass is 35.5. The first-order valence-electron chi connectivity index (χ1n) is 5.93. The summed E-state index contributed by atoms with van der Waals surface area (Å²) in [6, 6.07) is 13.5. The van der Waals surface area contributed by atoms with Crippen LogP contribution in [0.3, 0.4) is 0 Å². The molecule has 2 rings (SSSR count). The summed E-state index contributed by atoms with van der Waals surface area (Å²) in [5.41, 5.74) is 2.56. The molecule has 0 atom stereocenters. The molecule has 0 aliphatic carbocycles. The van der Waals surface area contributed by atoms with Crippen LogP contribution in [0.5, 0.6) is 0 Å². The van der Waals surface area contributed by atoms with Crippen LogP contribution in [-0.4, -0.2) is 12.0 Å². The van der Waals surface area contributed by atoms with E-state index in [4.69, 9.17) is 16.9 Å². The lowest BCUT2D eigenvalue weighted by atomic mass is 10.2. The number of nitriles is 1. The number of halogens is 1. The maximum absolute atomic E-state index is 9.13. The van der Waals surface area contributed by atoms with Crippen molar-refractivity contribution in [2.24, 2.45) is 0 Å². The molecule has 2 aromatic rings. The van der Waals surface area contributed by atoms with Gasteiger partial charge in [0.1, 0.15) is 11.9 Å². The van der Waals surface area contributed by atoms with Crippen molar-refractivity contribution in [3.63, 3.8) is 0 Å². The third kappa shape index (κ3) is 3.24. The lowest BCUT2D eigenvalue weighted by Gasteiger charge is -2.19. The van der Waals surface area contributed by atoms with Crippen molar-refractivity contribution in [1.29, 1.82) is 5.26 Å². The molecule has 4 heteroatoms. The smallest absolute Gasteiger partial charge is 0.146 e. The Morgan fingerprint density at radius 3 is 2.79 bits per heavy atom. The van der Waals surface area contributed by atoms with Crippen LogP contribution in [0, 0.1) is 18.3 Å². The molecule has 0 N–H and O–H groups in total. The number of anilines is 1. The Kier molecular flexibility index (Phi) is 4.03. The number of hydrogen-bond donors (Lipinski definition) is 0. The van der Waals surface area contributed by atoms with Gasteiger partial charge in [-0.3, -0.25) is 0 Å². The first-order valence-corrected chi connectivity index (χ1v) is 6.31. The molecule has 0 aliphatic heterocycles. The topological polar surface area (TPSA) is 39.9 Å². The molecule has 1 heterocycles. The highest BCUT2D eigenvalue weighted by Crippen LogP contribution is 2.19. The second-order valence-corrected chi connectivity index (χ2v) is 4.86. The van der Waals surface area contributed by atoms with Crippen LogP contribution >= 0.6 is 11.6 Å². The van der Waals surface area contributed by atoms with Gasteiger partial charge in [-0.1, -0.05) is 23.7 Å². The van der Waals surface area contributed by atoms with Gasteiger partial charge in [-0.05, 0) is 36.8 Å². The van der Waals surface area contributed by atoms with E-state index in [1.165, 1.54) is 0 Å². The van der Waals surface area contributed by atoms with Gasteiger partial charge in [0.15, 0.2) is 0 Å². The summed E-state index contributed by atoms with van der Waals surface area (Å²) in [5, 5.41) is 9.84. The number of rotatable bonds is 3. The Labute approximate surface area is 118 Å². The number of pyridine rings is 1. The molecular weight excluding hydrogens is 258 g/mol. The monoisotopic (exact) mass is 271 g/mol. The van der Waals surface area contributed by atoms with Crippen LogP contribution in [0.15, 0.2) is 36.4 Å². The minimum atomic E-state index is 0.579. The maximum atomic E-state index is 9.13. The average Bonchev–Trinajstić information content (AvgIpc) is 2.38. The molecule has 0 unspecified atom stereocenters. The van der Waals surface area contributed by atoms with Crippen LogP contribution in [0.1, 0.15) is 16.8 Å². The highest BCUT2D eigenvalue weighted by molar-refractivity contribution is 6.30. The van der Waals surface area contributed by atoms with Crippen molar-refractivity contribution in [1.82, 2.24) is 4.98 Å². The highest BCUT2D eigenvalue weighted by Gasteiger charge is 2.10. The van der Waals surface area contributed by atoms with E-state index in [-0.39, 0.29) is 0 Å². The van der Waals surface area contributed by atoms with Crippen molar-refractivity contribution in [3.05, 3.63) is 58.2 Å². The van der Waals surface area contributed by atoms with Crippen molar-refractivity contribution in [2.45, 2.75) is 13.5 Å². The van der Waals surface area contributed by atoms with Gasteiger partial charge < -0.3 is 4.90 Å². The SMILES string of the molecule is Cc1ccc(C#N)c(N(C)Cc2cccc(Cl)c2)n1. The van der Waals surface area contributed by atoms with E-state index in [9.17, 15) is 0 Å². The van der Waals surface area contributed by atoms with Crippen LogP contribution in [-0.2, 0) is 6.54 Å². The van der Waals surface area contributed by atoms with E-state index in [0.29, 0.717) is 22.9 Å². The summed E-state index contributed by atoms with van der Waals surface area (Å²) < 4.78 is 0. The van der Waals surface area contributed by atoms with Crippen molar-refractivity contribution < 1.29 is 0 Å². The number of hydrogen-bond acceptors (Lipinski definition) is 3. The fourth-order valence-corrected chi connectivity index (χ4v) is 2.12. The molecule has 3 nitrogen and oxygen atoms in total. The van der Waals surface area contributed by atoms with E-state index in [2.05, 4.69) is 11.1 Å². The molecule has 0 amide bonds. The van der Waals surface area contributed by atoms with E-state index in [0.717, 1.165) is 11.3 Å². The molecule has 0 fully saturated rings. The van der Waals surface area contributed by atoms with Gasteiger partial charge in [0.25, 0.3) is 0 Å². The summed E-state index contributed by atoms with van der Waals surface area (Å²) in [5.74, 6) is 0.697. The van der Waals surface area contributed by atoms with Gasteiger partial charge in [-0.2, -0.15) is 5.26 Å². The standard InChI is InChI=1S/C15H14ClN3/c1-11-6-7-13(9-17)15(18-11)19(2)10-12-4-3-5-14(16)8-12/h3-8H,10H2,1-2H3. The minimum absolute atomic E-state index is 0.579. The van der Waals surface area contributed by atoms with Crippen LogP contribution in [0.25, 0.3) is 0 Å². The van der Waals surface area contributed by atoms with Gasteiger partial charge in [0, 0.05) is 24.3 Å². The van der Waals surface area contributed by atoms with Crippen LogP contribution < -0.4 is 4.90 Å². The second-order valence-electron chi connectivity index (χ2n) is 4.42. The van der Waals surface area contributed by atoms with Crippen molar-refractivity contribution in [3.8, 4) is 6.07 Å². The van der Waals surface area contributed by atoms with E-state index >= 15 is 0 Å². The number of aryl methyl sites for hydroxylation is 1. The van der Waals surface area contributed by atoms with Gasteiger partial charge in [-0.25, -0.2) is 4.98 Å².